The molecule has 1 atom stereocenters. The smallest absolute Gasteiger partial charge is 0.264 e. The van der Waals surface area contributed by atoms with Gasteiger partial charge in [-0.05, 0) is 42.6 Å². The standard InChI is InChI=1S/C24H23N3O3S/c1-16-15-26(11-12-27(16)24(28)22-8-5-13-31-22)23-18-10-9-17(29-2)14-21(18)30-20-7-4-3-6-19(20)25-23/h3-10,13-14,16H,11-12,15H2,1-2H3. The lowest BCUT2D eigenvalue weighted by molar-refractivity contribution is 0.0586. The van der Waals surface area contributed by atoms with Crippen molar-refractivity contribution in [2.24, 2.45) is 4.99 Å². The van der Waals surface area contributed by atoms with Gasteiger partial charge in [-0.25, -0.2) is 4.99 Å². The van der Waals surface area contributed by atoms with Crippen LogP contribution in [-0.4, -0.2) is 54.3 Å². The lowest BCUT2D eigenvalue weighted by Gasteiger charge is -2.41. The molecule has 3 heterocycles. The number of hydrogen-bond donors (Lipinski definition) is 0. The zero-order valence-electron chi connectivity index (χ0n) is 17.4. The van der Waals surface area contributed by atoms with Gasteiger partial charge in [0.1, 0.15) is 23.0 Å². The molecule has 0 saturated carbocycles. The van der Waals surface area contributed by atoms with Gasteiger partial charge in [-0.15, -0.1) is 11.3 Å². The van der Waals surface area contributed by atoms with Crippen molar-refractivity contribution in [2.75, 3.05) is 26.7 Å². The van der Waals surface area contributed by atoms with Gasteiger partial charge in [-0.3, -0.25) is 4.79 Å². The van der Waals surface area contributed by atoms with Gasteiger partial charge in [0.2, 0.25) is 0 Å². The van der Waals surface area contributed by atoms with Crippen molar-refractivity contribution in [3.63, 3.8) is 0 Å². The number of amidine groups is 1. The molecule has 0 aliphatic carbocycles. The molecular formula is C24H23N3O3S. The van der Waals surface area contributed by atoms with Crippen LogP contribution in [0.4, 0.5) is 5.69 Å². The fourth-order valence-electron chi connectivity index (χ4n) is 4.06. The summed E-state index contributed by atoms with van der Waals surface area (Å²) in [5, 5.41) is 1.94. The van der Waals surface area contributed by atoms with Crippen molar-refractivity contribution >= 4 is 28.8 Å². The molecule has 2 aliphatic heterocycles. The van der Waals surface area contributed by atoms with E-state index in [1.807, 2.05) is 64.9 Å². The third-order valence-corrected chi connectivity index (χ3v) is 6.52. The number of aliphatic imine (C=N–C) groups is 1. The van der Waals surface area contributed by atoms with Crippen LogP contribution in [0.25, 0.3) is 0 Å². The largest absolute Gasteiger partial charge is 0.497 e. The van der Waals surface area contributed by atoms with E-state index in [1.54, 1.807) is 7.11 Å². The fraction of sp³-hybridized carbons (Fsp3) is 0.250. The average molecular weight is 434 g/mol. The SMILES string of the molecule is COc1ccc2c(c1)Oc1ccccc1N=C2N1CCN(C(=O)c2cccs2)C(C)C1. The Hall–Kier alpha value is -3.32. The van der Waals surface area contributed by atoms with E-state index in [0.717, 1.165) is 27.7 Å². The third kappa shape index (κ3) is 3.65. The molecule has 0 spiro atoms. The van der Waals surface area contributed by atoms with Gasteiger partial charge in [-0.2, -0.15) is 0 Å². The molecule has 3 aromatic rings. The second kappa shape index (κ2) is 8.07. The Kier molecular flexibility index (Phi) is 5.11. The van der Waals surface area contributed by atoms with Gasteiger partial charge in [-0.1, -0.05) is 18.2 Å². The van der Waals surface area contributed by atoms with Gasteiger partial charge in [0.25, 0.3) is 5.91 Å². The minimum absolute atomic E-state index is 0.0622. The summed E-state index contributed by atoms with van der Waals surface area (Å²) in [6.45, 7) is 4.14. The van der Waals surface area contributed by atoms with E-state index in [9.17, 15) is 4.79 Å². The van der Waals surface area contributed by atoms with Gasteiger partial charge in [0.15, 0.2) is 5.75 Å². The number of amides is 1. The van der Waals surface area contributed by atoms with Crippen LogP contribution in [0.1, 0.15) is 22.2 Å². The summed E-state index contributed by atoms with van der Waals surface area (Å²) < 4.78 is 11.6. The van der Waals surface area contributed by atoms with Gasteiger partial charge < -0.3 is 19.3 Å². The Morgan fingerprint density at radius 3 is 2.77 bits per heavy atom. The maximum Gasteiger partial charge on any atom is 0.264 e. The highest BCUT2D eigenvalue weighted by molar-refractivity contribution is 7.12. The lowest BCUT2D eigenvalue weighted by atomic mass is 10.1. The quantitative estimate of drug-likeness (QED) is 0.583. The van der Waals surface area contributed by atoms with E-state index in [4.69, 9.17) is 14.5 Å². The number of carbonyl (C=O) groups is 1. The van der Waals surface area contributed by atoms with E-state index >= 15 is 0 Å². The molecule has 2 aliphatic rings. The van der Waals surface area contributed by atoms with Crippen LogP contribution >= 0.6 is 11.3 Å². The van der Waals surface area contributed by atoms with E-state index in [-0.39, 0.29) is 11.9 Å². The molecule has 31 heavy (non-hydrogen) atoms. The molecule has 1 amide bonds. The highest BCUT2D eigenvalue weighted by Crippen LogP contribution is 2.39. The molecule has 2 aromatic carbocycles. The molecular weight excluding hydrogens is 410 g/mol. The second-order valence-electron chi connectivity index (χ2n) is 7.64. The number of rotatable bonds is 2. The summed E-state index contributed by atoms with van der Waals surface area (Å²) in [7, 11) is 1.65. The molecule has 1 saturated heterocycles. The Balaban J connectivity index is 1.48. The number of carbonyl (C=O) groups excluding carboxylic acids is 1. The zero-order chi connectivity index (χ0) is 21.4. The summed E-state index contributed by atoms with van der Waals surface area (Å²) in [5.74, 6) is 3.12. The summed E-state index contributed by atoms with van der Waals surface area (Å²) in [6.07, 6.45) is 0. The molecule has 0 N–H and O–H groups in total. The lowest BCUT2D eigenvalue weighted by Crippen LogP contribution is -2.55. The second-order valence-corrected chi connectivity index (χ2v) is 8.59. The van der Waals surface area contributed by atoms with Gasteiger partial charge in [0.05, 0.1) is 17.6 Å². The molecule has 6 nitrogen and oxygen atoms in total. The number of hydrogen-bond acceptors (Lipinski definition) is 6. The van der Waals surface area contributed by atoms with Crippen molar-refractivity contribution < 1.29 is 14.3 Å². The minimum atomic E-state index is 0.0622. The third-order valence-electron chi connectivity index (χ3n) is 5.66. The Bertz CT molecular complexity index is 1140. The average Bonchev–Trinajstić information content (AvgIpc) is 3.27. The van der Waals surface area contributed by atoms with Crippen molar-refractivity contribution in [1.82, 2.24) is 9.80 Å². The first-order valence-corrected chi connectivity index (χ1v) is 11.2. The fourth-order valence-corrected chi connectivity index (χ4v) is 4.74. The number of ether oxygens (including phenoxy) is 2. The number of thiophene rings is 1. The first-order chi connectivity index (χ1) is 15.1. The van der Waals surface area contributed by atoms with Crippen LogP contribution < -0.4 is 9.47 Å². The topological polar surface area (TPSA) is 54.4 Å². The van der Waals surface area contributed by atoms with E-state index in [0.29, 0.717) is 31.1 Å². The predicted octanol–water partition coefficient (Wildman–Crippen LogP) is 4.79. The maximum atomic E-state index is 12.9. The summed E-state index contributed by atoms with van der Waals surface area (Å²) in [6, 6.07) is 17.5. The monoisotopic (exact) mass is 433 g/mol. The van der Waals surface area contributed by atoms with E-state index < -0.39 is 0 Å². The highest BCUT2D eigenvalue weighted by atomic mass is 32.1. The van der Waals surface area contributed by atoms with Crippen LogP contribution in [0.2, 0.25) is 0 Å². The van der Waals surface area contributed by atoms with Crippen LogP contribution in [0, 0.1) is 0 Å². The van der Waals surface area contributed by atoms with Crippen LogP contribution in [-0.2, 0) is 0 Å². The predicted molar refractivity (Wildman–Crippen MR) is 122 cm³/mol. The molecule has 7 heteroatoms. The number of para-hydroxylation sites is 2. The number of benzene rings is 2. The first-order valence-electron chi connectivity index (χ1n) is 10.3. The van der Waals surface area contributed by atoms with Crippen LogP contribution in [0.5, 0.6) is 17.2 Å². The van der Waals surface area contributed by atoms with Crippen molar-refractivity contribution in [3.05, 3.63) is 70.4 Å². The van der Waals surface area contributed by atoms with Gasteiger partial charge >= 0.3 is 0 Å². The molecule has 0 radical (unpaired) electrons. The molecule has 1 unspecified atom stereocenters. The Morgan fingerprint density at radius 2 is 2.00 bits per heavy atom. The highest BCUT2D eigenvalue weighted by Gasteiger charge is 2.32. The number of nitrogens with zero attached hydrogens (tertiary/aromatic N) is 3. The Morgan fingerprint density at radius 1 is 1.13 bits per heavy atom. The first kappa shape index (κ1) is 19.6. The van der Waals surface area contributed by atoms with Gasteiger partial charge in [0, 0.05) is 31.7 Å². The number of fused-ring (bicyclic) bond motifs is 2. The summed E-state index contributed by atoms with van der Waals surface area (Å²) >= 11 is 1.49. The molecule has 1 aromatic heterocycles. The molecule has 1 fully saturated rings. The van der Waals surface area contributed by atoms with E-state index in [1.165, 1.54) is 11.3 Å². The van der Waals surface area contributed by atoms with Crippen molar-refractivity contribution in [1.29, 1.82) is 0 Å². The normalized spacial score (nSPS) is 17.7. The number of methoxy groups -OCH3 is 1. The molecule has 158 valence electrons. The van der Waals surface area contributed by atoms with Crippen molar-refractivity contribution in [3.8, 4) is 17.2 Å². The van der Waals surface area contributed by atoms with Crippen LogP contribution in [0.3, 0.4) is 0 Å². The molecule has 0 bridgehead atoms. The molecule has 5 rings (SSSR count). The maximum absolute atomic E-state index is 12.9. The summed E-state index contributed by atoms with van der Waals surface area (Å²) in [5.41, 5.74) is 1.71. The van der Waals surface area contributed by atoms with Crippen molar-refractivity contribution in [2.45, 2.75) is 13.0 Å². The van der Waals surface area contributed by atoms with Crippen LogP contribution in [0.15, 0.2) is 65.0 Å². The zero-order valence-corrected chi connectivity index (χ0v) is 18.3. The minimum Gasteiger partial charge on any atom is -0.497 e. The summed E-state index contributed by atoms with van der Waals surface area (Å²) in [4.78, 5) is 22.9. The van der Waals surface area contributed by atoms with E-state index in [2.05, 4.69) is 11.8 Å². The Labute approximate surface area is 185 Å². The number of piperazine rings is 1.